The molecule has 0 bridgehead atoms. The second kappa shape index (κ2) is 6.67. The van der Waals surface area contributed by atoms with Crippen LogP contribution in [0.3, 0.4) is 0 Å². The van der Waals surface area contributed by atoms with Gasteiger partial charge in [-0.2, -0.15) is 5.26 Å². The minimum absolute atomic E-state index is 0.550. The molecule has 0 aliphatic rings. The van der Waals surface area contributed by atoms with E-state index < -0.39 is 0 Å². The van der Waals surface area contributed by atoms with Crippen LogP contribution in [0.5, 0.6) is 5.75 Å². The Morgan fingerprint density at radius 1 is 1.22 bits per heavy atom. The summed E-state index contributed by atoms with van der Waals surface area (Å²) in [5.74, 6) is 1.65. The van der Waals surface area contributed by atoms with Crippen molar-refractivity contribution in [2.24, 2.45) is 0 Å². The summed E-state index contributed by atoms with van der Waals surface area (Å²) in [7, 11) is 1.66. The highest BCUT2D eigenvalue weighted by Gasteiger charge is 2.08. The van der Waals surface area contributed by atoms with Crippen LogP contribution < -0.4 is 4.74 Å². The molecule has 114 valence electrons. The molecule has 2 aromatic heterocycles. The number of benzene rings is 1. The van der Waals surface area contributed by atoms with Gasteiger partial charge in [-0.05, 0) is 36.8 Å². The van der Waals surface area contributed by atoms with Crippen LogP contribution in [0.15, 0.2) is 47.6 Å². The number of hydrogen-bond donors (Lipinski definition) is 0. The lowest BCUT2D eigenvalue weighted by Gasteiger charge is -2.08. The summed E-state index contributed by atoms with van der Waals surface area (Å²) in [5, 5.41) is 10.9. The van der Waals surface area contributed by atoms with Crippen LogP contribution in [0.2, 0.25) is 0 Å². The quantitative estimate of drug-likeness (QED) is 0.677. The molecule has 3 aromatic rings. The third-order valence-electron chi connectivity index (χ3n) is 3.44. The number of methoxy groups -OCH3 is 1. The maximum atomic E-state index is 9.07. The van der Waals surface area contributed by atoms with Crippen molar-refractivity contribution in [3.63, 3.8) is 0 Å². The van der Waals surface area contributed by atoms with Crippen molar-refractivity contribution in [2.75, 3.05) is 7.11 Å². The van der Waals surface area contributed by atoms with Crippen LogP contribution in [0.1, 0.15) is 16.8 Å². The molecule has 0 aliphatic carbocycles. The normalized spacial score (nSPS) is 10.5. The Morgan fingerprint density at radius 2 is 2.00 bits per heavy atom. The molecule has 5 heteroatoms. The Kier molecular flexibility index (Phi) is 4.45. The molecule has 0 saturated heterocycles. The van der Waals surface area contributed by atoms with E-state index >= 15 is 0 Å². The second-order valence-electron chi connectivity index (χ2n) is 5.11. The number of rotatable bonds is 4. The molecular formula is C18H15N3OS. The molecule has 23 heavy (non-hydrogen) atoms. The summed E-state index contributed by atoms with van der Waals surface area (Å²) in [4.78, 5) is 8.97. The van der Waals surface area contributed by atoms with Gasteiger partial charge in [0.2, 0.25) is 0 Å². The molecule has 0 unspecified atom stereocenters. The fourth-order valence-electron chi connectivity index (χ4n) is 2.26. The summed E-state index contributed by atoms with van der Waals surface area (Å²) < 4.78 is 5.17. The smallest absolute Gasteiger partial charge is 0.118 e. The predicted octanol–water partition coefficient (Wildman–Crippen LogP) is 4.11. The number of nitrogens with zero attached hydrogens (tertiary/aromatic N) is 3. The highest BCUT2D eigenvalue weighted by atomic mass is 32.2. The molecule has 0 atom stereocenters. The third kappa shape index (κ3) is 3.43. The third-order valence-corrected chi connectivity index (χ3v) is 4.50. The Balaban J connectivity index is 1.90. The standard InChI is InChI=1S/C18H15N3OS/c1-12-7-17-16(8-14(9-19)10-20-17)18(21-12)23-11-13-3-5-15(22-2)6-4-13/h3-8,10H,11H2,1-2H3. The van der Waals surface area contributed by atoms with E-state index in [0.29, 0.717) is 5.56 Å². The van der Waals surface area contributed by atoms with Crippen molar-refractivity contribution < 1.29 is 4.74 Å². The number of nitriles is 1. The molecule has 0 amide bonds. The molecule has 3 rings (SSSR count). The van der Waals surface area contributed by atoms with E-state index in [4.69, 9.17) is 10.00 Å². The zero-order chi connectivity index (χ0) is 16.2. The zero-order valence-electron chi connectivity index (χ0n) is 12.9. The van der Waals surface area contributed by atoms with E-state index in [-0.39, 0.29) is 0 Å². The van der Waals surface area contributed by atoms with Gasteiger partial charge in [0.15, 0.2) is 0 Å². The number of hydrogen-bond acceptors (Lipinski definition) is 5. The minimum atomic E-state index is 0.550. The first kappa shape index (κ1) is 15.3. The Bertz CT molecular complexity index is 885. The molecule has 1 aromatic carbocycles. The number of aromatic nitrogens is 2. The molecule has 0 aliphatic heterocycles. The van der Waals surface area contributed by atoms with Crippen molar-refractivity contribution in [3.05, 3.63) is 59.4 Å². The Hall–Kier alpha value is -2.58. The highest BCUT2D eigenvalue weighted by Crippen LogP contribution is 2.29. The van der Waals surface area contributed by atoms with Crippen molar-refractivity contribution in [3.8, 4) is 11.8 Å². The molecule has 0 radical (unpaired) electrons. The van der Waals surface area contributed by atoms with Gasteiger partial charge in [0.05, 0.1) is 18.2 Å². The predicted molar refractivity (Wildman–Crippen MR) is 91.5 cm³/mol. The fraction of sp³-hybridized carbons (Fsp3) is 0.167. The lowest BCUT2D eigenvalue weighted by atomic mass is 10.2. The van der Waals surface area contributed by atoms with Crippen molar-refractivity contribution >= 4 is 22.7 Å². The summed E-state index contributed by atoms with van der Waals surface area (Å²) in [5.41, 5.74) is 3.53. The average molecular weight is 321 g/mol. The summed E-state index contributed by atoms with van der Waals surface area (Å²) >= 11 is 1.65. The van der Waals surface area contributed by atoms with Gasteiger partial charge in [0, 0.05) is 23.0 Å². The summed E-state index contributed by atoms with van der Waals surface area (Å²) in [6, 6.07) is 13.9. The van der Waals surface area contributed by atoms with E-state index in [2.05, 4.69) is 16.0 Å². The van der Waals surface area contributed by atoms with Crippen LogP contribution in [0.25, 0.3) is 10.9 Å². The topological polar surface area (TPSA) is 58.8 Å². The van der Waals surface area contributed by atoms with Crippen LogP contribution >= 0.6 is 11.8 Å². The first-order chi connectivity index (χ1) is 11.2. The molecule has 0 fully saturated rings. The van der Waals surface area contributed by atoms with Crippen LogP contribution in [-0.2, 0) is 5.75 Å². The first-order valence-corrected chi connectivity index (χ1v) is 8.11. The Labute approximate surface area is 139 Å². The van der Waals surface area contributed by atoms with Crippen LogP contribution in [0, 0.1) is 18.3 Å². The number of thioether (sulfide) groups is 1. The monoisotopic (exact) mass is 321 g/mol. The lowest BCUT2D eigenvalue weighted by molar-refractivity contribution is 0.414. The molecule has 4 nitrogen and oxygen atoms in total. The van der Waals surface area contributed by atoms with Crippen molar-refractivity contribution in [1.82, 2.24) is 9.97 Å². The maximum Gasteiger partial charge on any atom is 0.118 e. The average Bonchev–Trinajstić information content (AvgIpc) is 2.59. The van der Waals surface area contributed by atoms with Gasteiger partial charge in [-0.15, -0.1) is 11.8 Å². The first-order valence-electron chi connectivity index (χ1n) is 7.13. The van der Waals surface area contributed by atoms with E-state index in [1.165, 1.54) is 5.56 Å². The number of ether oxygens (including phenoxy) is 1. The van der Waals surface area contributed by atoms with Crippen LogP contribution in [-0.4, -0.2) is 17.1 Å². The minimum Gasteiger partial charge on any atom is -0.497 e. The van der Waals surface area contributed by atoms with Crippen LogP contribution in [0.4, 0.5) is 0 Å². The molecule has 0 spiro atoms. The number of pyridine rings is 2. The van der Waals surface area contributed by atoms with E-state index in [9.17, 15) is 0 Å². The van der Waals surface area contributed by atoms with Gasteiger partial charge in [-0.25, -0.2) is 4.98 Å². The molecule has 0 N–H and O–H groups in total. The SMILES string of the molecule is COc1ccc(CSc2nc(C)cc3ncc(C#N)cc23)cc1. The number of fused-ring (bicyclic) bond motifs is 1. The summed E-state index contributed by atoms with van der Waals surface area (Å²) in [6.45, 7) is 1.96. The Morgan fingerprint density at radius 3 is 2.70 bits per heavy atom. The van der Waals surface area contributed by atoms with Gasteiger partial charge < -0.3 is 4.74 Å². The largest absolute Gasteiger partial charge is 0.497 e. The zero-order valence-corrected chi connectivity index (χ0v) is 13.7. The van der Waals surface area contributed by atoms with Crippen molar-refractivity contribution in [1.29, 1.82) is 5.26 Å². The van der Waals surface area contributed by atoms with E-state index in [1.807, 2.05) is 43.3 Å². The molecular weight excluding hydrogens is 306 g/mol. The molecule has 2 heterocycles. The van der Waals surface area contributed by atoms with Gasteiger partial charge in [-0.3, -0.25) is 4.98 Å². The van der Waals surface area contributed by atoms with Gasteiger partial charge in [0.1, 0.15) is 16.8 Å². The lowest BCUT2D eigenvalue weighted by Crippen LogP contribution is -1.92. The highest BCUT2D eigenvalue weighted by molar-refractivity contribution is 7.98. The second-order valence-corrected chi connectivity index (χ2v) is 6.07. The van der Waals surface area contributed by atoms with E-state index in [1.54, 1.807) is 25.1 Å². The van der Waals surface area contributed by atoms with Crippen molar-refractivity contribution in [2.45, 2.75) is 17.7 Å². The fourth-order valence-corrected chi connectivity index (χ4v) is 3.28. The maximum absolute atomic E-state index is 9.07. The summed E-state index contributed by atoms with van der Waals surface area (Å²) in [6.07, 6.45) is 1.60. The molecule has 0 saturated carbocycles. The van der Waals surface area contributed by atoms with Gasteiger partial charge in [0.25, 0.3) is 0 Å². The van der Waals surface area contributed by atoms with Gasteiger partial charge >= 0.3 is 0 Å². The number of aryl methyl sites for hydroxylation is 1. The van der Waals surface area contributed by atoms with E-state index in [0.717, 1.165) is 33.1 Å². The van der Waals surface area contributed by atoms with Gasteiger partial charge in [-0.1, -0.05) is 12.1 Å².